The monoisotopic (exact) mass is 390 g/mol. The number of rotatable bonds is 5. The van der Waals surface area contributed by atoms with E-state index in [0.29, 0.717) is 0 Å². The zero-order chi connectivity index (χ0) is 20.4. The summed E-state index contributed by atoms with van der Waals surface area (Å²) in [6.07, 6.45) is 3.78. The van der Waals surface area contributed by atoms with Crippen molar-refractivity contribution in [3.63, 3.8) is 0 Å². The van der Waals surface area contributed by atoms with Gasteiger partial charge in [0.25, 0.3) is 8.32 Å². The Morgan fingerprint density at radius 1 is 0.964 bits per heavy atom. The van der Waals surface area contributed by atoms with E-state index in [4.69, 9.17) is 4.43 Å². The first-order valence-corrected chi connectivity index (χ1v) is 12.7. The van der Waals surface area contributed by atoms with Crippen LogP contribution in [0.3, 0.4) is 0 Å². The van der Waals surface area contributed by atoms with Gasteiger partial charge in [0.2, 0.25) is 0 Å². The van der Waals surface area contributed by atoms with Gasteiger partial charge in [0.1, 0.15) is 5.75 Å². The molecule has 1 N–H and O–H groups in total. The van der Waals surface area contributed by atoms with Gasteiger partial charge >= 0.3 is 0 Å². The highest BCUT2D eigenvalue weighted by Crippen LogP contribution is 2.44. The molecule has 0 amide bonds. The molecule has 0 heterocycles. The van der Waals surface area contributed by atoms with Crippen LogP contribution in [-0.2, 0) is 0 Å². The number of aliphatic hydroxyl groups is 1. The second-order valence-electron chi connectivity index (χ2n) is 8.70. The van der Waals surface area contributed by atoms with Crippen molar-refractivity contribution in [2.24, 2.45) is 0 Å². The molecule has 0 aliphatic carbocycles. The van der Waals surface area contributed by atoms with E-state index in [2.05, 4.69) is 88.5 Å². The highest BCUT2D eigenvalue weighted by Gasteiger charge is 2.39. The van der Waals surface area contributed by atoms with Gasteiger partial charge in [-0.25, -0.2) is 0 Å². The number of aliphatic hydroxyl groups excluding tert-OH is 1. The summed E-state index contributed by atoms with van der Waals surface area (Å²) in [5, 5.41) is 11.8. The van der Waals surface area contributed by atoms with E-state index in [-0.39, 0.29) is 11.6 Å². The van der Waals surface area contributed by atoms with Gasteiger partial charge in [0, 0.05) is 10.9 Å². The maximum absolute atomic E-state index is 9.44. The Balaban J connectivity index is 2.34. The molecule has 0 fully saturated rings. The lowest BCUT2D eigenvalue weighted by atomic mass is 9.94. The minimum Gasteiger partial charge on any atom is -0.543 e. The molecule has 3 aromatic rings. The van der Waals surface area contributed by atoms with Crippen LogP contribution in [-0.4, -0.2) is 20.0 Å². The maximum atomic E-state index is 9.44. The van der Waals surface area contributed by atoms with Crippen LogP contribution in [0.4, 0.5) is 0 Å². The fourth-order valence-electron chi connectivity index (χ4n) is 3.04. The quantitative estimate of drug-likeness (QED) is 0.480. The van der Waals surface area contributed by atoms with Crippen molar-refractivity contribution in [1.82, 2.24) is 0 Å². The molecule has 0 aliphatic heterocycles. The summed E-state index contributed by atoms with van der Waals surface area (Å²) in [6, 6.07) is 21.0. The van der Waals surface area contributed by atoms with E-state index < -0.39 is 8.32 Å². The van der Waals surface area contributed by atoms with Gasteiger partial charge in [-0.2, -0.15) is 0 Å². The fourth-order valence-corrected chi connectivity index (χ4v) is 4.08. The molecule has 3 heteroatoms. The third-order valence-electron chi connectivity index (χ3n) is 5.68. The highest BCUT2D eigenvalue weighted by atomic mass is 28.4. The van der Waals surface area contributed by atoms with E-state index in [1.807, 2.05) is 12.1 Å². The minimum atomic E-state index is -2.05. The first-order chi connectivity index (χ1) is 13.2. The molecule has 3 aromatic carbocycles. The molecular formula is C25H30O2Si. The molecule has 0 saturated carbocycles. The zero-order valence-electron chi connectivity index (χ0n) is 17.5. The van der Waals surface area contributed by atoms with E-state index >= 15 is 0 Å². The predicted molar refractivity (Wildman–Crippen MR) is 123 cm³/mol. The van der Waals surface area contributed by atoms with Crippen molar-refractivity contribution in [3.05, 3.63) is 72.3 Å². The molecule has 0 aliphatic rings. The third-order valence-corrected chi connectivity index (χ3v) is 10.0. The van der Waals surface area contributed by atoms with E-state index in [1.54, 1.807) is 6.08 Å². The molecule has 0 saturated heterocycles. The van der Waals surface area contributed by atoms with Gasteiger partial charge in [-0.15, -0.1) is 0 Å². The molecule has 0 radical (unpaired) electrons. The summed E-state index contributed by atoms with van der Waals surface area (Å²) in [4.78, 5) is 0. The van der Waals surface area contributed by atoms with Crippen molar-refractivity contribution in [1.29, 1.82) is 0 Å². The largest absolute Gasteiger partial charge is 0.543 e. The number of benzene rings is 3. The fraction of sp³-hybridized carbons (Fsp3) is 0.280. The molecule has 0 unspecified atom stereocenters. The Morgan fingerprint density at radius 2 is 1.61 bits per heavy atom. The van der Waals surface area contributed by atoms with Crippen molar-refractivity contribution in [2.75, 3.05) is 6.61 Å². The number of fused-ring (bicyclic) bond motifs is 1. The minimum absolute atomic E-state index is 0.000584. The second-order valence-corrected chi connectivity index (χ2v) is 13.4. The molecule has 0 aromatic heterocycles. The molecule has 2 nitrogen and oxygen atoms in total. The van der Waals surface area contributed by atoms with E-state index in [9.17, 15) is 5.11 Å². The standard InChI is InChI=1S/C25H30O2Si/c1-25(2,3)28(4,5)27-24-21-15-10-9-14-20(21)18-23(22(24)16-11-17-26)19-12-7-6-8-13-19/h6-16,18,26H,17H2,1-5H3/b16-11-. The summed E-state index contributed by atoms with van der Waals surface area (Å²) >= 11 is 0. The molecule has 28 heavy (non-hydrogen) atoms. The Morgan fingerprint density at radius 3 is 2.25 bits per heavy atom. The molecular weight excluding hydrogens is 360 g/mol. The third kappa shape index (κ3) is 4.06. The van der Waals surface area contributed by atoms with Gasteiger partial charge < -0.3 is 9.53 Å². The van der Waals surface area contributed by atoms with Gasteiger partial charge in [-0.05, 0) is 40.7 Å². The Hall–Kier alpha value is -2.36. The van der Waals surface area contributed by atoms with Crippen molar-refractivity contribution < 1.29 is 9.53 Å². The van der Waals surface area contributed by atoms with Crippen LogP contribution in [0.1, 0.15) is 26.3 Å². The van der Waals surface area contributed by atoms with Crippen LogP contribution in [0.25, 0.3) is 28.0 Å². The average molecular weight is 391 g/mol. The summed E-state index contributed by atoms with van der Waals surface area (Å²) < 4.78 is 6.88. The lowest BCUT2D eigenvalue weighted by Crippen LogP contribution is -2.44. The molecule has 146 valence electrons. The van der Waals surface area contributed by atoms with E-state index in [1.165, 1.54) is 0 Å². The lowest BCUT2D eigenvalue weighted by Gasteiger charge is -2.37. The summed E-state index contributed by atoms with van der Waals surface area (Å²) in [5.41, 5.74) is 3.30. The predicted octanol–water partition coefficient (Wildman–Crippen LogP) is 6.90. The van der Waals surface area contributed by atoms with Crippen LogP contribution >= 0.6 is 0 Å². The second kappa shape index (κ2) is 7.94. The van der Waals surface area contributed by atoms with Crippen molar-refractivity contribution >= 4 is 25.2 Å². The highest BCUT2D eigenvalue weighted by molar-refractivity contribution is 6.74. The summed E-state index contributed by atoms with van der Waals surface area (Å²) in [7, 11) is -2.05. The van der Waals surface area contributed by atoms with Crippen LogP contribution in [0.2, 0.25) is 18.1 Å². The molecule has 0 spiro atoms. The normalized spacial score (nSPS) is 12.6. The lowest BCUT2D eigenvalue weighted by molar-refractivity contribution is 0.343. The number of hydrogen-bond acceptors (Lipinski definition) is 2. The van der Waals surface area contributed by atoms with Crippen molar-refractivity contribution in [2.45, 2.75) is 38.9 Å². The van der Waals surface area contributed by atoms with Crippen LogP contribution in [0.15, 0.2) is 66.7 Å². The zero-order valence-corrected chi connectivity index (χ0v) is 18.5. The Kier molecular flexibility index (Phi) is 5.78. The van der Waals surface area contributed by atoms with Gasteiger partial charge in [0.15, 0.2) is 0 Å². The Labute approximate surface area is 169 Å². The molecule has 0 atom stereocenters. The molecule has 3 rings (SSSR count). The van der Waals surface area contributed by atoms with Crippen LogP contribution < -0.4 is 4.43 Å². The van der Waals surface area contributed by atoms with Crippen LogP contribution in [0, 0.1) is 0 Å². The smallest absolute Gasteiger partial charge is 0.250 e. The van der Waals surface area contributed by atoms with Crippen LogP contribution in [0.5, 0.6) is 5.75 Å². The van der Waals surface area contributed by atoms with Crippen molar-refractivity contribution in [3.8, 4) is 16.9 Å². The van der Waals surface area contributed by atoms with Gasteiger partial charge in [0.05, 0.1) is 6.61 Å². The first kappa shape index (κ1) is 20.4. The number of hydrogen-bond donors (Lipinski definition) is 1. The SMILES string of the molecule is CC(C)(C)[Si](C)(C)Oc1c(/C=C\CO)c(-c2ccccc2)cc2ccccc12. The van der Waals surface area contributed by atoms with Gasteiger partial charge in [-0.1, -0.05) is 87.5 Å². The summed E-state index contributed by atoms with van der Waals surface area (Å²) in [6.45, 7) is 11.3. The topological polar surface area (TPSA) is 29.5 Å². The maximum Gasteiger partial charge on any atom is 0.250 e. The first-order valence-electron chi connectivity index (χ1n) is 9.82. The average Bonchev–Trinajstić information content (AvgIpc) is 2.66. The summed E-state index contributed by atoms with van der Waals surface area (Å²) in [5.74, 6) is 0.924. The van der Waals surface area contributed by atoms with Gasteiger partial charge in [-0.3, -0.25) is 0 Å². The molecule has 0 bridgehead atoms. The van der Waals surface area contributed by atoms with E-state index in [0.717, 1.165) is 33.2 Å². The Bertz CT molecular complexity index is 983.